The van der Waals surface area contributed by atoms with Crippen molar-refractivity contribution in [3.63, 3.8) is 0 Å². The van der Waals surface area contributed by atoms with E-state index < -0.39 is 34.9 Å². The number of hydrogen-bond donors (Lipinski definition) is 3. The second kappa shape index (κ2) is 10.7. The number of nitrogens with zero attached hydrogens (tertiary/aromatic N) is 1. The molecule has 1 heterocycles. The summed E-state index contributed by atoms with van der Waals surface area (Å²) in [5, 5.41) is 9.33. The Labute approximate surface area is 195 Å². The number of aromatic nitrogens is 2. The van der Waals surface area contributed by atoms with E-state index in [4.69, 9.17) is 4.74 Å². The highest BCUT2D eigenvalue weighted by Crippen LogP contribution is 2.45. The molecule has 12 heteroatoms. The summed E-state index contributed by atoms with van der Waals surface area (Å²) in [7, 11) is 3.67. The zero-order valence-electron chi connectivity index (χ0n) is 18.3. The predicted molar refractivity (Wildman–Crippen MR) is 122 cm³/mol. The largest absolute Gasteiger partial charge is 0.417 e. The van der Waals surface area contributed by atoms with E-state index in [0.29, 0.717) is 12.6 Å². The van der Waals surface area contributed by atoms with Crippen LogP contribution in [0.25, 0.3) is 22.0 Å². The molecule has 2 aromatic carbocycles. The lowest BCUT2D eigenvalue weighted by Crippen LogP contribution is -2.26. The predicted octanol–water partition coefficient (Wildman–Crippen LogP) is 3.07. The molecule has 0 amide bonds. The van der Waals surface area contributed by atoms with Gasteiger partial charge in [-0.1, -0.05) is 12.1 Å². The lowest BCUT2D eigenvalue weighted by atomic mass is 9.97. The number of rotatable bonds is 9. The monoisotopic (exact) mass is 501 g/mol. The fourth-order valence-corrected chi connectivity index (χ4v) is 4.51. The molecule has 1 aromatic heterocycles. The second-order valence-electron chi connectivity index (χ2n) is 7.75. The minimum Gasteiger partial charge on any atom is -0.394 e. The minimum atomic E-state index is -4.85. The Morgan fingerprint density at radius 3 is 2.41 bits per heavy atom. The van der Waals surface area contributed by atoms with Gasteiger partial charge in [0.1, 0.15) is 5.82 Å². The first kappa shape index (κ1) is 25.9. The molecule has 34 heavy (non-hydrogen) atoms. The first-order valence-electron chi connectivity index (χ1n) is 10.2. The molecule has 184 valence electrons. The van der Waals surface area contributed by atoms with E-state index in [-0.39, 0.29) is 45.9 Å². The average molecular weight is 502 g/mol. The molecule has 0 saturated carbocycles. The second-order valence-corrected chi connectivity index (χ2v) is 8.78. The third-order valence-electron chi connectivity index (χ3n) is 4.94. The van der Waals surface area contributed by atoms with Crippen LogP contribution in [0, 0.1) is 5.82 Å². The molecule has 0 aliphatic rings. The van der Waals surface area contributed by atoms with Gasteiger partial charge in [0.05, 0.1) is 35.8 Å². The van der Waals surface area contributed by atoms with Crippen molar-refractivity contribution in [1.29, 1.82) is 0 Å². The number of nitrogens with one attached hydrogen (secondary N) is 2. The molecule has 7 nitrogen and oxygen atoms in total. The Kier molecular flexibility index (Phi) is 8.18. The van der Waals surface area contributed by atoms with Crippen LogP contribution in [0.1, 0.15) is 5.56 Å². The zero-order chi connectivity index (χ0) is 25.0. The molecule has 3 N–H and O–H groups in total. The molecule has 3 aromatic rings. The number of likely N-dealkylation sites (N-methyl/N-ethyl adjacent to an activating group) is 1. The normalized spacial score (nSPS) is 13.1. The highest BCUT2D eigenvalue weighted by Gasteiger charge is 2.36. The van der Waals surface area contributed by atoms with E-state index in [1.165, 1.54) is 12.1 Å². The van der Waals surface area contributed by atoms with Crippen LogP contribution in [-0.4, -0.2) is 65.7 Å². The summed E-state index contributed by atoms with van der Waals surface area (Å²) in [4.78, 5) is 30.5. The van der Waals surface area contributed by atoms with E-state index in [1.54, 1.807) is 0 Å². The Balaban J connectivity index is 2.20. The minimum absolute atomic E-state index is 0.0311. The number of ether oxygens (including phenoxy) is 1. The number of benzene rings is 2. The number of halogens is 4. The topological polar surface area (TPSA) is 98.4 Å². The molecule has 0 bridgehead atoms. The van der Waals surface area contributed by atoms with Crippen molar-refractivity contribution >= 4 is 22.7 Å². The first-order valence-corrected chi connectivity index (χ1v) is 11.2. The Morgan fingerprint density at radius 1 is 1.15 bits per heavy atom. The fraction of sp³-hybridized carbons (Fsp3) is 0.364. The SMILES string of the molecule is CN(C)CCO[C@@H](CO)CSc1c(-c2ccc(F)cc2)c(C(F)(F)F)cc2c(=O)[nH]c(=O)[nH]c12. The van der Waals surface area contributed by atoms with Gasteiger partial charge in [0.25, 0.3) is 5.56 Å². The van der Waals surface area contributed by atoms with Crippen LogP contribution in [0.2, 0.25) is 0 Å². The third kappa shape index (κ3) is 6.06. The summed E-state index contributed by atoms with van der Waals surface area (Å²) >= 11 is 0.900. The van der Waals surface area contributed by atoms with E-state index in [0.717, 1.165) is 23.9 Å². The van der Waals surface area contributed by atoms with Crippen molar-refractivity contribution in [3.05, 3.63) is 62.6 Å². The molecule has 1 atom stereocenters. The number of aromatic amines is 2. The molecule has 0 aliphatic heterocycles. The third-order valence-corrected chi connectivity index (χ3v) is 6.17. The van der Waals surface area contributed by atoms with Crippen LogP contribution in [0.5, 0.6) is 0 Å². The highest BCUT2D eigenvalue weighted by atomic mass is 32.2. The maximum atomic E-state index is 14.1. The van der Waals surface area contributed by atoms with Gasteiger partial charge in [0, 0.05) is 22.8 Å². The van der Waals surface area contributed by atoms with Crippen LogP contribution in [0.15, 0.2) is 44.8 Å². The molecule has 0 aliphatic carbocycles. The number of H-pyrrole nitrogens is 2. The number of aliphatic hydroxyl groups excluding tert-OH is 1. The van der Waals surface area contributed by atoms with E-state index in [9.17, 15) is 32.3 Å². The summed E-state index contributed by atoms with van der Waals surface area (Å²) in [5.41, 5.74) is -3.32. The lowest BCUT2D eigenvalue weighted by molar-refractivity contribution is -0.137. The van der Waals surface area contributed by atoms with Crippen LogP contribution >= 0.6 is 11.8 Å². The maximum Gasteiger partial charge on any atom is 0.417 e. The van der Waals surface area contributed by atoms with Gasteiger partial charge in [0.15, 0.2) is 0 Å². The van der Waals surface area contributed by atoms with Crippen molar-refractivity contribution < 1.29 is 27.4 Å². The number of hydrogen-bond acceptors (Lipinski definition) is 6. The number of fused-ring (bicyclic) bond motifs is 1. The van der Waals surface area contributed by atoms with E-state index in [2.05, 4.69) is 4.98 Å². The molecule has 0 radical (unpaired) electrons. The maximum absolute atomic E-state index is 14.1. The first-order chi connectivity index (χ1) is 16.0. The van der Waals surface area contributed by atoms with E-state index >= 15 is 0 Å². The number of aliphatic hydroxyl groups is 1. The molecule has 0 unspecified atom stereocenters. The fourth-order valence-electron chi connectivity index (χ4n) is 3.28. The number of alkyl halides is 3. The molecule has 0 saturated heterocycles. The van der Waals surface area contributed by atoms with E-state index in [1.807, 2.05) is 24.0 Å². The molecule has 0 fully saturated rings. The van der Waals surface area contributed by atoms with Crippen molar-refractivity contribution in [2.45, 2.75) is 17.2 Å². The van der Waals surface area contributed by atoms with Crippen LogP contribution in [0.3, 0.4) is 0 Å². The Bertz CT molecular complexity index is 1260. The van der Waals surface area contributed by atoms with Crippen LogP contribution in [-0.2, 0) is 10.9 Å². The quantitative estimate of drug-likeness (QED) is 0.308. The highest BCUT2D eigenvalue weighted by molar-refractivity contribution is 7.99. The van der Waals surface area contributed by atoms with Gasteiger partial charge in [-0.25, -0.2) is 9.18 Å². The van der Waals surface area contributed by atoms with Gasteiger partial charge in [-0.05, 0) is 37.9 Å². The molecular weight excluding hydrogens is 478 g/mol. The average Bonchev–Trinajstić information content (AvgIpc) is 2.75. The van der Waals surface area contributed by atoms with Gasteiger partial charge < -0.3 is 19.7 Å². The zero-order valence-corrected chi connectivity index (χ0v) is 19.1. The van der Waals surface area contributed by atoms with Crippen LogP contribution < -0.4 is 11.2 Å². The molecule has 3 rings (SSSR count). The van der Waals surface area contributed by atoms with Crippen LogP contribution in [0.4, 0.5) is 17.6 Å². The smallest absolute Gasteiger partial charge is 0.394 e. The van der Waals surface area contributed by atoms with Gasteiger partial charge >= 0.3 is 11.9 Å². The van der Waals surface area contributed by atoms with Gasteiger partial charge in [0.2, 0.25) is 0 Å². The molecular formula is C22H23F4N3O4S. The van der Waals surface area contributed by atoms with Gasteiger partial charge in [-0.2, -0.15) is 13.2 Å². The van der Waals surface area contributed by atoms with Gasteiger partial charge in [-0.3, -0.25) is 9.78 Å². The van der Waals surface area contributed by atoms with Crippen molar-refractivity contribution in [2.24, 2.45) is 0 Å². The van der Waals surface area contributed by atoms with Crippen molar-refractivity contribution in [3.8, 4) is 11.1 Å². The van der Waals surface area contributed by atoms with Crippen molar-refractivity contribution in [1.82, 2.24) is 14.9 Å². The van der Waals surface area contributed by atoms with Gasteiger partial charge in [-0.15, -0.1) is 11.8 Å². The molecule has 0 spiro atoms. The standard InChI is InChI=1S/C22H23F4N3O4S/c1-29(2)7-8-33-14(10-30)11-34-19-17(12-3-5-13(23)6-4-12)16(22(24,25)26)9-15-18(19)27-21(32)28-20(15)31/h3-6,9,14,30H,7-8,10-11H2,1-2H3,(H2,27,28,31,32)/t14-/m0/s1. The summed E-state index contributed by atoms with van der Waals surface area (Å²) in [5.74, 6) is -0.601. The van der Waals surface area contributed by atoms with Crippen molar-refractivity contribution in [2.75, 3.05) is 39.6 Å². The Morgan fingerprint density at radius 2 is 1.82 bits per heavy atom. The summed E-state index contributed by atoms with van der Waals surface area (Å²) in [6.45, 7) is 0.459. The summed E-state index contributed by atoms with van der Waals surface area (Å²) < 4.78 is 61.4. The Hall–Kier alpha value is -2.67. The summed E-state index contributed by atoms with van der Waals surface area (Å²) in [6.07, 6.45) is -5.57. The summed E-state index contributed by atoms with van der Waals surface area (Å²) in [6, 6.07) is 5.10. The number of thioether (sulfide) groups is 1. The lowest BCUT2D eigenvalue weighted by Gasteiger charge is -2.21.